The fourth-order valence-corrected chi connectivity index (χ4v) is 3.64. The number of carboxylic acids is 2. The highest BCUT2D eigenvalue weighted by molar-refractivity contribution is 7.80. The first kappa shape index (κ1) is 26.1. The largest absolute Gasteiger partial charge is 0.481 e. The maximum atomic E-state index is 13.2. The van der Waals surface area contributed by atoms with Gasteiger partial charge in [0.1, 0.15) is 18.1 Å². The van der Waals surface area contributed by atoms with Crippen molar-refractivity contribution in [1.29, 1.82) is 0 Å². The van der Waals surface area contributed by atoms with E-state index in [2.05, 4.69) is 33.2 Å². The molecule has 0 aromatic carbocycles. The highest BCUT2D eigenvalue weighted by Gasteiger charge is 2.38. The Bertz CT molecular complexity index is 865. The van der Waals surface area contributed by atoms with Crippen LogP contribution in [-0.2, 0) is 30.4 Å². The van der Waals surface area contributed by atoms with Crippen molar-refractivity contribution in [3.05, 3.63) is 18.2 Å². The first-order valence-corrected chi connectivity index (χ1v) is 11.0. The molecule has 14 heteroatoms. The smallest absolute Gasteiger partial charge is 0.326 e. The van der Waals surface area contributed by atoms with Crippen LogP contribution < -0.4 is 16.4 Å². The first-order valence-electron chi connectivity index (χ1n) is 10.3. The number of carboxylic acid groups (broad SMARTS) is 2. The number of aromatic amines is 1. The van der Waals surface area contributed by atoms with Gasteiger partial charge in [0, 0.05) is 37.0 Å². The first-order chi connectivity index (χ1) is 15.6. The maximum absolute atomic E-state index is 13.2. The van der Waals surface area contributed by atoms with Crippen LogP contribution in [-0.4, -0.2) is 91.2 Å². The molecule has 0 saturated carbocycles. The SMILES string of the molecule is NC(CS)C(=O)NC(CCC(=O)O)C(=O)NC(Cc1cnc[nH]1)C(=O)N1CCCC1C(=O)O. The van der Waals surface area contributed by atoms with E-state index in [1.165, 1.54) is 17.4 Å². The van der Waals surface area contributed by atoms with Gasteiger partial charge in [-0.1, -0.05) is 0 Å². The summed E-state index contributed by atoms with van der Waals surface area (Å²) in [5.41, 5.74) is 6.14. The van der Waals surface area contributed by atoms with Gasteiger partial charge in [-0.2, -0.15) is 12.6 Å². The average molecular weight is 485 g/mol. The number of nitrogens with one attached hydrogen (secondary N) is 3. The molecule has 7 N–H and O–H groups in total. The molecule has 0 aliphatic carbocycles. The van der Waals surface area contributed by atoms with Crippen LogP contribution in [0.15, 0.2) is 12.5 Å². The van der Waals surface area contributed by atoms with Gasteiger partial charge < -0.3 is 36.5 Å². The summed E-state index contributed by atoms with van der Waals surface area (Å²) >= 11 is 3.93. The summed E-state index contributed by atoms with van der Waals surface area (Å²) in [4.78, 5) is 68.8. The van der Waals surface area contributed by atoms with E-state index in [4.69, 9.17) is 10.8 Å². The van der Waals surface area contributed by atoms with Crippen LogP contribution >= 0.6 is 12.6 Å². The molecule has 1 aromatic heterocycles. The monoisotopic (exact) mass is 484 g/mol. The van der Waals surface area contributed by atoms with Crippen LogP contribution in [0, 0.1) is 0 Å². The quantitative estimate of drug-likeness (QED) is 0.165. The number of aromatic nitrogens is 2. The zero-order chi connectivity index (χ0) is 24.5. The van der Waals surface area contributed by atoms with Crippen molar-refractivity contribution >= 4 is 42.3 Å². The van der Waals surface area contributed by atoms with Crippen LogP contribution in [0.25, 0.3) is 0 Å². The lowest BCUT2D eigenvalue weighted by Crippen LogP contribution is -2.58. The molecule has 4 atom stereocenters. The van der Waals surface area contributed by atoms with Crippen LogP contribution in [0.1, 0.15) is 31.4 Å². The van der Waals surface area contributed by atoms with Crippen LogP contribution in [0.2, 0.25) is 0 Å². The summed E-state index contributed by atoms with van der Waals surface area (Å²) in [7, 11) is 0. The zero-order valence-electron chi connectivity index (χ0n) is 17.8. The number of H-pyrrole nitrogens is 1. The highest BCUT2D eigenvalue weighted by Crippen LogP contribution is 2.19. The van der Waals surface area contributed by atoms with Crippen LogP contribution in [0.5, 0.6) is 0 Å². The Morgan fingerprint density at radius 1 is 1.21 bits per heavy atom. The molecular weight excluding hydrogens is 456 g/mol. The number of hydrogen-bond donors (Lipinski definition) is 7. The predicted octanol–water partition coefficient (Wildman–Crippen LogP) is -1.88. The van der Waals surface area contributed by atoms with Gasteiger partial charge in [0.05, 0.1) is 12.4 Å². The highest BCUT2D eigenvalue weighted by atomic mass is 32.1. The number of carbonyl (C=O) groups excluding carboxylic acids is 3. The fraction of sp³-hybridized carbons (Fsp3) is 0.579. The van der Waals surface area contributed by atoms with E-state index in [0.29, 0.717) is 18.5 Å². The van der Waals surface area contributed by atoms with Crippen molar-refractivity contribution in [3.63, 3.8) is 0 Å². The Morgan fingerprint density at radius 3 is 2.48 bits per heavy atom. The Kier molecular flexibility index (Phi) is 9.66. The number of imidazole rings is 1. The lowest BCUT2D eigenvalue weighted by Gasteiger charge is -2.28. The zero-order valence-corrected chi connectivity index (χ0v) is 18.7. The van der Waals surface area contributed by atoms with Crippen molar-refractivity contribution in [1.82, 2.24) is 25.5 Å². The van der Waals surface area contributed by atoms with Gasteiger partial charge in [0.15, 0.2) is 0 Å². The van der Waals surface area contributed by atoms with Crippen LogP contribution in [0.3, 0.4) is 0 Å². The van der Waals surface area contributed by atoms with E-state index in [1.54, 1.807) is 0 Å². The van der Waals surface area contributed by atoms with E-state index in [0.717, 1.165) is 0 Å². The molecule has 182 valence electrons. The summed E-state index contributed by atoms with van der Waals surface area (Å²) in [6, 6.07) is -4.46. The number of nitrogens with zero attached hydrogens (tertiary/aromatic N) is 2. The number of aliphatic carboxylic acids is 2. The van der Waals surface area contributed by atoms with E-state index in [-0.39, 0.29) is 25.1 Å². The molecule has 13 nitrogen and oxygen atoms in total. The van der Waals surface area contributed by atoms with Gasteiger partial charge >= 0.3 is 11.9 Å². The van der Waals surface area contributed by atoms with Crippen molar-refractivity contribution in [2.75, 3.05) is 12.3 Å². The van der Waals surface area contributed by atoms with Gasteiger partial charge in [-0.3, -0.25) is 19.2 Å². The molecule has 1 aliphatic heterocycles. The maximum Gasteiger partial charge on any atom is 0.326 e. The Balaban J connectivity index is 2.22. The lowest BCUT2D eigenvalue weighted by atomic mass is 10.1. The predicted molar refractivity (Wildman–Crippen MR) is 117 cm³/mol. The third-order valence-corrected chi connectivity index (χ3v) is 5.62. The molecule has 4 unspecified atom stereocenters. The molecule has 0 radical (unpaired) electrons. The third-order valence-electron chi connectivity index (χ3n) is 5.23. The summed E-state index contributed by atoms with van der Waals surface area (Å²) < 4.78 is 0. The average Bonchev–Trinajstić information content (AvgIpc) is 3.46. The third kappa shape index (κ3) is 7.46. The molecule has 0 bridgehead atoms. The molecule has 3 amide bonds. The topological polar surface area (TPSA) is 208 Å². The second kappa shape index (κ2) is 12.2. The number of amides is 3. The van der Waals surface area contributed by atoms with Crippen LogP contribution in [0.4, 0.5) is 0 Å². The number of thiol groups is 1. The van der Waals surface area contributed by atoms with Gasteiger partial charge in [0.2, 0.25) is 17.7 Å². The summed E-state index contributed by atoms with van der Waals surface area (Å²) in [6.07, 6.45) is 2.99. The van der Waals surface area contributed by atoms with E-state index in [9.17, 15) is 29.1 Å². The molecule has 2 rings (SSSR count). The molecule has 2 heterocycles. The standard InChI is InChI=1S/C19H28N6O7S/c20-11(8-33)16(28)23-12(3-4-15(26)27)17(29)24-13(6-10-7-21-9-22-10)18(30)25-5-1-2-14(25)19(31)32/h7,9,11-14,33H,1-6,8,20H2,(H,21,22)(H,23,28)(H,24,29)(H,26,27)(H,31,32). The number of nitrogens with two attached hydrogens (primary N) is 1. The van der Waals surface area contributed by atoms with Gasteiger partial charge in [-0.05, 0) is 19.3 Å². The molecule has 1 saturated heterocycles. The molecule has 1 aliphatic rings. The number of carbonyl (C=O) groups is 5. The van der Waals surface area contributed by atoms with E-state index >= 15 is 0 Å². The molecular formula is C19H28N6O7S. The second-order valence-corrected chi connectivity index (χ2v) is 8.02. The van der Waals surface area contributed by atoms with E-state index < -0.39 is 60.2 Å². The Labute approximate surface area is 194 Å². The minimum Gasteiger partial charge on any atom is -0.481 e. The van der Waals surface area contributed by atoms with Gasteiger partial charge in [-0.25, -0.2) is 9.78 Å². The summed E-state index contributed by atoms with van der Waals surface area (Å²) in [6.45, 7) is 0.223. The van der Waals surface area contributed by atoms with Crippen molar-refractivity contribution in [3.8, 4) is 0 Å². The summed E-state index contributed by atoms with van der Waals surface area (Å²) in [5.74, 6) is -4.40. The van der Waals surface area contributed by atoms with Crippen molar-refractivity contribution in [2.45, 2.75) is 56.3 Å². The van der Waals surface area contributed by atoms with E-state index in [1.807, 2.05) is 0 Å². The molecule has 0 spiro atoms. The molecule has 1 aromatic rings. The van der Waals surface area contributed by atoms with Gasteiger partial charge in [0.25, 0.3) is 0 Å². The Morgan fingerprint density at radius 2 is 1.91 bits per heavy atom. The summed E-state index contributed by atoms with van der Waals surface area (Å²) in [5, 5.41) is 23.3. The minimum absolute atomic E-state index is 0.00553. The number of hydrogen-bond acceptors (Lipinski definition) is 8. The Hall–Kier alpha value is -3.13. The number of likely N-dealkylation sites (tertiary alicyclic amines) is 1. The normalized spacial score (nSPS) is 18.2. The minimum atomic E-state index is -1.27. The van der Waals surface area contributed by atoms with Crippen molar-refractivity contribution in [2.24, 2.45) is 5.73 Å². The fourth-order valence-electron chi connectivity index (χ4n) is 3.47. The molecule has 1 fully saturated rings. The second-order valence-electron chi connectivity index (χ2n) is 7.65. The molecule has 33 heavy (non-hydrogen) atoms. The van der Waals surface area contributed by atoms with Gasteiger partial charge in [-0.15, -0.1) is 0 Å². The van der Waals surface area contributed by atoms with Crippen molar-refractivity contribution < 1.29 is 34.2 Å². The lowest BCUT2D eigenvalue weighted by molar-refractivity contribution is -0.149. The number of rotatable bonds is 12.